The first-order chi connectivity index (χ1) is 8.53. The first-order valence-electron chi connectivity index (χ1n) is 6.54. The van der Waals surface area contributed by atoms with Crippen LogP contribution in [0, 0.1) is 19.3 Å². The van der Waals surface area contributed by atoms with Gasteiger partial charge in [-0.25, -0.2) is 0 Å². The van der Waals surface area contributed by atoms with Crippen molar-refractivity contribution in [3.8, 4) is 0 Å². The van der Waals surface area contributed by atoms with E-state index in [-0.39, 0.29) is 0 Å². The first kappa shape index (κ1) is 13.1. The van der Waals surface area contributed by atoms with Gasteiger partial charge in [0.2, 0.25) is 0 Å². The third-order valence-corrected chi connectivity index (χ3v) is 4.05. The van der Waals surface area contributed by atoms with Crippen LogP contribution in [0.3, 0.4) is 0 Å². The molecule has 1 aliphatic rings. The average Bonchev–Trinajstić information content (AvgIpc) is 2.26. The normalized spacial score (nSPS) is 17.2. The van der Waals surface area contributed by atoms with Crippen LogP contribution in [-0.4, -0.2) is 17.6 Å². The zero-order chi connectivity index (χ0) is 13.2. The molecule has 1 aliphatic carbocycles. The Morgan fingerprint density at radius 2 is 2.11 bits per heavy atom. The quantitative estimate of drug-likeness (QED) is 0.841. The van der Waals surface area contributed by atoms with Crippen molar-refractivity contribution in [2.75, 3.05) is 6.54 Å². The molecule has 0 heterocycles. The van der Waals surface area contributed by atoms with Gasteiger partial charge in [0.25, 0.3) is 0 Å². The molecule has 0 bridgehead atoms. The SMILES string of the molecule is Cc1ccc(C)c(CNCC2(C(=O)O)CCC2)c1. The minimum atomic E-state index is -0.651. The highest BCUT2D eigenvalue weighted by atomic mass is 16.4. The van der Waals surface area contributed by atoms with Crippen molar-refractivity contribution in [3.05, 3.63) is 34.9 Å². The van der Waals surface area contributed by atoms with E-state index in [1.165, 1.54) is 16.7 Å². The third kappa shape index (κ3) is 2.56. The highest BCUT2D eigenvalue weighted by Gasteiger charge is 2.43. The molecule has 0 aromatic heterocycles. The molecule has 1 saturated carbocycles. The average molecular weight is 247 g/mol. The molecule has 3 nitrogen and oxygen atoms in total. The van der Waals surface area contributed by atoms with Crippen LogP contribution in [0.25, 0.3) is 0 Å². The fourth-order valence-corrected chi connectivity index (χ4v) is 2.50. The summed E-state index contributed by atoms with van der Waals surface area (Å²) in [5.74, 6) is -0.651. The molecule has 0 radical (unpaired) electrons. The number of aryl methyl sites for hydroxylation is 2. The van der Waals surface area contributed by atoms with E-state index in [0.717, 1.165) is 25.8 Å². The zero-order valence-electron chi connectivity index (χ0n) is 11.1. The number of benzene rings is 1. The second-order valence-corrected chi connectivity index (χ2v) is 5.47. The molecule has 0 amide bonds. The van der Waals surface area contributed by atoms with Crippen molar-refractivity contribution in [1.82, 2.24) is 5.32 Å². The van der Waals surface area contributed by atoms with E-state index in [0.29, 0.717) is 6.54 Å². The topological polar surface area (TPSA) is 49.3 Å². The summed E-state index contributed by atoms with van der Waals surface area (Å²) >= 11 is 0. The van der Waals surface area contributed by atoms with Gasteiger partial charge in [-0.05, 0) is 37.8 Å². The third-order valence-electron chi connectivity index (χ3n) is 4.05. The van der Waals surface area contributed by atoms with E-state index in [2.05, 4.69) is 37.4 Å². The molecule has 0 spiro atoms. The van der Waals surface area contributed by atoms with Crippen LogP contribution in [0.4, 0.5) is 0 Å². The number of carbonyl (C=O) groups is 1. The monoisotopic (exact) mass is 247 g/mol. The lowest BCUT2D eigenvalue weighted by Gasteiger charge is -2.37. The molecule has 18 heavy (non-hydrogen) atoms. The van der Waals surface area contributed by atoms with Gasteiger partial charge in [-0.2, -0.15) is 0 Å². The molecule has 1 aromatic rings. The van der Waals surface area contributed by atoms with Gasteiger partial charge in [0.15, 0.2) is 0 Å². The molecule has 1 fully saturated rings. The van der Waals surface area contributed by atoms with Crippen molar-refractivity contribution in [2.24, 2.45) is 5.41 Å². The summed E-state index contributed by atoms with van der Waals surface area (Å²) in [5.41, 5.74) is 3.26. The maximum Gasteiger partial charge on any atom is 0.310 e. The molecule has 3 heteroatoms. The number of aliphatic carboxylic acids is 1. The Bertz CT molecular complexity index is 450. The summed E-state index contributed by atoms with van der Waals surface area (Å²) in [5, 5.41) is 12.6. The highest BCUT2D eigenvalue weighted by molar-refractivity contribution is 5.76. The second-order valence-electron chi connectivity index (χ2n) is 5.47. The fraction of sp³-hybridized carbons (Fsp3) is 0.533. The Morgan fingerprint density at radius 1 is 1.39 bits per heavy atom. The van der Waals surface area contributed by atoms with Gasteiger partial charge < -0.3 is 10.4 Å². The van der Waals surface area contributed by atoms with E-state index >= 15 is 0 Å². The zero-order valence-corrected chi connectivity index (χ0v) is 11.1. The number of nitrogens with one attached hydrogen (secondary N) is 1. The van der Waals surface area contributed by atoms with E-state index in [4.69, 9.17) is 0 Å². The van der Waals surface area contributed by atoms with Crippen LogP contribution in [0.5, 0.6) is 0 Å². The molecule has 1 aromatic carbocycles. The molecular weight excluding hydrogens is 226 g/mol. The van der Waals surface area contributed by atoms with Gasteiger partial charge in [-0.15, -0.1) is 0 Å². The van der Waals surface area contributed by atoms with E-state index < -0.39 is 11.4 Å². The summed E-state index contributed by atoms with van der Waals surface area (Å²) in [6.45, 7) is 5.50. The summed E-state index contributed by atoms with van der Waals surface area (Å²) in [4.78, 5) is 11.2. The standard InChI is InChI=1S/C15H21NO2/c1-11-4-5-12(2)13(8-11)9-16-10-15(14(17)18)6-3-7-15/h4-5,8,16H,3,6-7,9-10H2,1-2H3,(H,17,18). The lowest BCUT2D eigenvalue weighted by Crippen LogP contribution is -2.46. The summed E-state index contributed by atoms with van der Waals surface area (Å²) < 4.78 is 0. The Balaban J connectivity index is 1.92. The molecule has 0 aliphatic heterocycles. The molecular formula is C15H21NO2. The van der Waals surface area contributed by atoms with Crippen LogP contribution in [0.15, 0.2) is 18.2 Å². The lowest BCUT2D eigenvalue weighted by atomic mass is 9.69. The molecule has 0 unspecified atom stereocenters. The van der Waals surface area contributed by atoms with Gasteiger partial charge in [0.1, 0.15) is 0 Å². The summed E-state index contributed by atoms with van der Waals surface area (Å²) in [6.07, 6.45) is 2.65. The largest absolute Gasteiger partial charge is 0.481 e. The Morgan fingerprint density at radius 3 is 2.67 bits per heavy atom. The number of carboxylic acid groups (broad SMARTS) is 1. The molecule has 2 rings (SSSR count). The van der Waals surface area contributed by atoms with Gasteiger partial charge >= 0.3 is 5.97 Å². The summed E-state index contributed by atoms with van der Waals surface area (Å²) in [7, 11) is 0. The van der Waals surface area contributed by atoms with Crippen LogP contribution in [-0.2, 0) is 11.3 Å². The Kier molecular flexibility index (Phi) is 3.71. The fourth-order valence-electron chi connectivity index (χ4n) is 2.50. The number of hydrogen-bond donors (Lipinski definition) is 2. The maximum atomic E-state index is 11.2. The number of carboxylic acids is 1. The molecule has 0 atom stereocenters. The van der Waals surface area contributed by atoms with E-state index in [1.54, 1.807) is 0 Å². The van der Waals surface area contributed by atoms with Crippen molar-refractivity contribution >= 4 is 5.97 Å². The minimum absolute atomic E-state index is 0.502. The van der Waals surface area contributed by atoms with Crippen molar-refractivity contribution in [3.63, 3.8) is 0 Å². The predicted octanol–water partition coefficient (Wildman–Crippen LogP) is 2.65. The summed E-state index contributed by atoms with van der Waals surface area (Å²) in [6, 6.07) is 6.38. The van der Waals surface area contributed by atoms with Crippen LogP contribution in [0.2, 0.25) is 0 Å². The molecule has 0 saturated heterocycles. The smallest absolute Gasteiger partial charge is 0.310 e. The molecule has 2 N–H and O–H groups in total. The Hall–Kier alpha value is -1.35. The van der Waals surface area contributed by atoms with Gasteiger partial charge in [-0.3, -0.25) is 4.79 Å². The number of hydrogen-bond acceptors (Lipinski definition) is 2. The second kappa shape index (κ2) is 5.11. The van der Waals surface area contributed by atoms with Gasteiger partial charge in [0.05, 0.1) is 5.41 Å². The lowest BCUT2D eigenvalue weighted by molar-refractivity contribution is -0.154. The minimum Gasteiger partial charge on any atom is -0.481 e. The van der Waals surface area contributed by atoms with E-state index in [9.17, 15) is 9.90 Å². The van der Waals surface area contributed by atoms with Crippen molar-refractivity contribution in [2.45, 2.75) is 39.7 Å². The van der Waals surface area contributed by atoms with Crippen LogP contribution < -0.4 is 5.32 Å². The first-order valence-corrected chi connectivity index (χ1v) is 6.54. The van der Waals surface area contributed by atoms with Gasteiger partial charge in [-0.1, -0.05) is 30.2 Å². The number of rotatable bonds is 5. The van der Waals surface area contributed by atoms with Crippen molar-refractivity contribution < 1.29 is 9.90 Å². The predicted molar refractivity (Wildman–Crippen MR) is 71.5 cm³/mol. The maximum absolute atomic E-state index is 11.2. The molecule has 98 valence electrons. The van der Waals surface area contributed by atoms with Crippen molar-refractivity contribution in [1.29, 1.82) is 0 Å². The van der Waals surface area contributed by atoms with Crippen LogP contribution >= 0.6 is 0 Å². The van der Waals surface area contributed by atoms with Crippen LogP contribution in [0.1, 0.15) is 36.0 Å². The Labute approximate surface area is 108 Å². The highest BCUT2D eigenvalue weighted by Crippen LogP contribution is 2.40. The van der Waals surface area contributed by atoms with E-state index in [1.807, 2.05) is 0 Å². The van der Waals surface area contributed by atoms with Gasteiger partial charge in [0, 0.05) is 13.1 Å².